The number of carbonyl (C=O) groups excluding carboxylic acids is 3. The normalized spacial score (nSPS) is 27.0. The van der Waals surface area contributed by atoms with Crippen molar-refractivity contribution >= 4 is 17.7 Å². The molecule has 1 heterocycles. The highest BCUT2D eigenvalue weighted by Gasteiger charge is 2.64. The molecule has 1 aliphatic heterocycles. The molecule has 0 aromatic heterocycles. The van der Waals surface area contributed by atoms with Gasteiger partial charge < -0.3 is 9.64 Å². The van der Waals surface area contributed by atoms with Crippen LogP contribution in [0.5, 0.6) is 0 Å². The summed E-state index contributed by atoms with van der Waals surface area (Å²) in [7, 11) is 0. The zero-order valence-electron chi connectivity index (χ0n) is 13.9. The van der Waals surface area contributed by atoms with Crippen LogP contribution in [-0.2, 0) is 19.1 Å². The summed E-state index contributed by atoms with van der Waals surface area (Å²) in [6.45, 7) is 9.81. The van der Waals surface area contributed by atoms with Crippen LogP contribution >= 0.6 is 0 Å². The second-order valence-electron chi connectivity index (χ2n) is 6.19. The maximum atomic E-state index is 12.8. The Morgan fingerprint density at radius 3 is 2.23 bits per heavy atom. The molecule has 5 nitrogen and oxygen atoms in total. The summed E-state index contributed by atoms with van der Waals surface area (Å²) in [5, 5.41) is 0. The molecule has 1 spiro atoms. The summed E-state index contributed by atoms with van der Waals surface area (Å²) < 4.78 is 5.19. The van der Waals surface area contributed by atoms with Gasteiger partial charge in [-0.2, -0.15) is 0 Å². The Hall–Kier alpha value is -1.91. The Balaban J connectivity index is 2.64. The summed E-state index contributed by atoms with van der Waals surface area (Å²) >= 11 is 0. The first-order valence-electron chi connectivity index (χ1n) is 7.63. The van der Waals surface area contributed by atoms with Gasteiger partial charge >= 0.3 is 5.97 Å². The van der Waals surface area contributed by atoms with E-state index in [1.165, 1.54) is 0 Å². The van der Waals surface area contributed by atoms with Crippen molar-refractivity contribution in [2.24, 2.45) is 10.8 Å². The fourth-order valence-electron chi connectivity index (χ4n) is 3.51. The molecule has 0 aromatic carbocycles. The smallest absolute Gasteiger partial charge is 0.322 e. The Kier molecular flexibility index (Phi) is 4.02. The predicted molar refractivity (Wildman–Crippen MR) is 81.9 cm³/mol. The van der Waals surface area contributed by atoms with Gasteiger partial charge in [0, 0.05) is 13.1 Å². The second-order valence-corrected chi connectivity index (χ2v) is 6.19. The van der Waals surface area contributed by atoms with Crippen LogP contribution in [0.1, 0.15) is 34.6 Å². The van der Waals surface area contributed by atoms with E-state index in [-0.39, 0.29) is 18.3 Å². The first-order valence-corrected chi connectivity index (χ1v) is 7.63. The van der Waals surface area contributed by atoms with E-state index in [9.17, 15) is 14.4 Å². The first-order chi connectivity index (χ1) is 10.2. The van der Waals surface area contributed by atoms with Crippen molar-refractivity contribution in [2.45, 2.75) is 34.6 Å². The van der Waals surface area contributed by atoms with Crippen LogP contribution in [0.15, 0.2) is 23.3 Å². The number of rotatable bonds is 3. The van der Waals surface area contributed by atoms with Crippen LogP contribution in [0.4, 0.5) is 0 Å². The van der Waals surface area contributed by atoms with Gasteiger partial charge in [-0.05, 0) is 45.8 Å². The quantitative estimate of drug-likeness (QED) is 0.590. The number of carbonyl (C=O) groups is 3. The number of amides is 1. The second kappa shape index (κ2) is 5.38. The van der Waals surface area contributed by atoms with Gasteiger partial charge in [0.1, 0.15) is 0 Å². The lowest BCUT2D eigenvalue weighted by Crippen LogP contribution is -2.48. The van der Waals surface area contributed by atoms with Gasteiger partial charge in [0.05, 0.1) is 12.0 Å². The maximum absolute atomic E-state index is 12.8. The van der Waals surface area contributed by atoms with Crippen molar-refractivity contribution in [3.63, 3.8) is 0 Å². The maximum Gasteiger partial charge on any atom is 0.322 e. The fourth-order valence-corrected chi connectivity index (χ4v) is 3.51. The van der Waals surface area contributed by atoms with Crippen LogP contribution in [0.2, 0.25) is 0 Å². The number of hydrogen-bond acceptors (Lipinski definition) is 4. The molecule has 1 saturated heterocycles. The number of esters is 1. The Labute approximate surface area is 131 Å². The largest absolute Gasteiger partial charge is 0.465 e. The van der Waals surface area contributed by atoms with Gasteiger partial charge in [-0.15, -0.1) is 0 Å². The minimum Gasteiger partial charge on any atom is -0.465 e. The summed E-state index contributed by atoms with van der Waals surface area (Å²) in [6.07, 6.45) is 3.54. The molecule has 0 aromatic rings. The molecule has 0 radical (unpaired) electrons. The molecule has 5 heteroatoms. The highest BCUT2D eigenvalue weighted by molar-refractivity contribution is 6.11. The first kappa shape index (κ1) is 16.5. The van der Waals surface area contributed by atoms with Crippen LogP contribution in [0, 0.1) is 10.8 Å². The van der Waals surface area contributed by atoms with Crippen molar-refractivity contribution < 1.29 is 19.1 Å². The Bertz CT molecular complexity index is 580. The standard InChI is InChI=1S/C17H23NO4/c1-6-18-10-17(8-11(3)13(19)12(4)9-17)16(5,14(18)20)15(21)22-7-2/h8-9H,6-7,10H2,1-5H3/t16-/m1/s1. The summed E-state index contributed by atoms with van der Waals surface area (Å²) in [6, 6.07) is 0. The van der Waals surface area contributed by atoms with E-state index in [0.717, 1.165) is 0 Å². The molecule has 0 saturated carbocycles. The predicted octanol–water partition coefficient (Wildman–Crippen LogP) is 1.88. The Morgan fingerprint density at radius 1 is 1.23 bits per heavy atom. The zero-order chi connectivity index (χ0) is 16.7. The van der Waals surface area contributed by atoms with Crippen molar-refractivity contribution in [1.82, 2.24) is 4.90 Å². The SMILES string of the molecule is CCOC(=O)[C@@]1(C)C(=O)N(CC)CC12C=C(C)C(=O)C(C)=C2. The van der Waals surface area contributed by atoms with Crippen LogP contribution < -0.4 is 0 Å². The number of ketones is 1. The van der Waals surface area contributed by atoms with E-state index >= 15 is 0 Å². The number of likely N-dealkylation sites (tertiary alicyclic amines) is 1. The molecule has 0 bridgehead atoms. The number of ether oxygens (including phenoxy) is 1. The average Bonchev–Trinajstić information content (AvgIpc) is 2.67. The van der Waals surface area contributed by atoms with E-state index < -0.39 is 16.8 Å². The highest BCUT2D eigenvalue weighted by Crippen LogP contribution is 2.52. The van der Waals surface area contributed by atoms with Gasteiger partial charge in [0.15, 0.2) is 11.2 Å². The molecule has 0 unspecified atom stereocenters. The lowest BCUT2D eigenvalue weighted by Gasteiger charge is -2.37. The lowest BCUT2D eigenvalue weighted by atomic mass is 9.62. The third-order valence-electron chi connectivity index (χ3n) is 4.83. The molecule has 1 amide bonds. The number of hydrogen-bond donors (Lipinski definition) is 0. The van der Waals surface area contributed by atoms with Crippen LogP contribution in [0.3, 0.4) is 0 Å². The molecule has 120 valence electrons. The summed E-state index contributed by atoms with van der Waals surface area (Å²) in [5.74, 6) is -0.812. The minimum atomic E-state index is -1.33. The minimum absolute atomic E-state index is 0.0424. The molecular formula is C17H23NO4. The van der Waals surface area contributed by atoms with Crippen LogP contribution in [0.25, 0.3) is 0 Å². The van der Waals surface area contributed by atoms with E-state index in [1.807, 2.05) is 6.92 Å². The van der Waals surface area contributed by atoms with Gasteiger partial charge in [-0.1, -0.05) is 12.2 Å². The lowest BCUT2D eigenvalue weighted by molar-refractivity contribution is -0.163. The molecule has 1 aliphatic carbocycles. The van der Waals surface area contributed by atoms with E-state index in [2.05, 4.69) is 0 Å². The number of Topliss-reactive ketones (excluding diaryl/α,β-unsaturated/α-hetero) is 1. The molecule has 1 fully saturated rings. The van der Waals surface area contributed by atoms with Gasteiger partial charge in [-0.3, -0.25) is 14.4 Å². The number of allylic oxidation sites excluding steroid dienone is 2. The van der Waals surface area contributed by atoms with Crippen molar-refractivity contribution in [1.29, 1.82) is 0 Å². The molecule has 22 heavy (non-hydrogen) atoms. The fraction of sp³-hybridized carbons (Fsp3) is 0.588. The van der Waals surface area contributed by atoms with Crippen molar-refractivity contribution in [2.75, 3.05) is 19.7 Å². The van der Waals surface area contributed by atoms with Crippen LogP contribution in [-0.4, -0.2) is 42.3 Å². The van der Waals surface area contributed by atoms with E-state index in [4.69, 9.17) is 4.74 Å². The molecule has 1 atom stereocenters. The molecular weight excluding hydrogens is 282 g/mol. The topological polar surface area (TPSA) is 63.7 Å². The monoisotopic (exact) mass is 305 g/mol. The third kappa shape index (κ3) is 2.02. The summed E-state index contributed by atoms with van der Waals surface area (Å²) in [5.41, 5.74) is -1.01. The highest BCUT2D eigenvalue weighted by atomic mass is 16.5. The van der Waals surface area contributed by atoms with E-state index in [1.54, 1.807) is 44.7 Å². The van der Waals surface area contributed by atoms with Gasteiger partial charge in [0.2, 0.25) is 5.91 Å². The van der Waals surface area contributed by atoms with Gasteiger partial charge in [0.25, 0.3) is 0 Å². The van der Waals surface area contributed by atoms with Crippen molar-refractivity contribution in [3.8, 4) is 0 Å². The van der Waals surface area contributed by atoms with Gasteiger partial charge in [-0.25, -0.2) is 0 Å². The molecule has 2 rings (SSSR count). The summed E-state index contributed by atoms with van der Waals surface area (Å²) in [4.78, 5) is 39.1. The average molecular weight is 305 g/mol. The van der Waals surface area contributed by atoms with E-state index in [0.29, 0.717) is 24.2 Å². The number of nitrogens with zero attached hydrogens (tertiary/aromatic N) is 1. The third-order valence-corrected chi connectivity index (χ3v) is 4.83. The zero-order valence-corrected chi connectivity index (χ0v) is 13.9. The molecule has 0 N–H and O–H groups in total. The van der Waals surface area contributed by atoms with Crippen molar-refractivity contribution in [3.05, 3.63) is 23.3 Å². The molecule has 2 aliphatic rings. The Morgan fingerprint density at radius 2 is 1.77 bits per heavy atom.